The first kappa shape index (κ1) is 15.2. The van der Waals surface area contributed by atoms with Crippen LogP contribution in [-0.4, -0.2) is 18.7 Å². The summed E-state index contributed by atoms with van der Waals surface area (Å²) in [6, 6.07) is 6.62. The molecule has 0 amide bonds. The van der Waals surface area contributed by atoms with Gasteiger partial charge in [-0.3, -0.25) is 0 Å². The molecule has 0 aliphatic carbocycles. The van der Waals surface area contributed by atoms with Crippen LogP contribution in [-0.2, 0) is 11.2 Å². The third-order valence-electron chi connectivity index (χ3n) is 2.85. The molecule has 7 heteroatoms. The first-order valence-electron chi connectivity index (χ1n) is 6.08. The van der Waals surface area contributed by atoms with Crippen molar-refractivity contribution in [3.8, 4) is 0 Å². The molecule has 0 aliphatic heterocycles. The lowest BCUT2D eigenvalue weighted by Gasteiger charge is -2.13. The van der Waals surface area contributed by atoms with E-state index >= 15 is 0 Å². The van der Waals surface area contributed by atoms with Crippen molar-refractivity contribution < 1.29 is 22.3 Å². The Morgan fingerprint density at radius 1 is 1.05 bits per heavy atom. The molecule has 1 N–H and O–H groups in total. The number of halogens is 4. The maximum Gasteiger partial charge on any atom is 0.253 e. The molecule has 2 rings (SSSR count). The van der Waals surface area contributed by atoms with Gasteiger partial charge in [0.05, 0.1) is 6.61 Å². The van der Waals surface area contributed by atoms with Gasteiger partial charge in [0.1, 0.15) is 5.69 Å². The molecule has 1 heterocycles. The minimum Gasteiger partial charge on any atom is -0.384 e. The van der Waals surface area contributed by atoms with Gasteiger partial charge in [0.15, 0.2) is 0 Å². The summed E-state index contributed by atoms with van der Waals surface area (Å²) < 4.78 is 58.2. The second-order valence-corrected chi connectivity index (χ2v) is 4.22. The van der Waals surface area contributed by atoms with Crippen molar-refractivity contribution in [1.29, 1.82) is 0 Å². The van der Waals surface area contributed by atoms with E-state index in [-0.39, 0.29) is 0 Å². The summed E-state index contributed by atoms with van der Waals surface area (Å²) in [5, 5.41) is 2.37. The summed E-state index contributed by atoms with van der Waals surface area (Å²) in [6.07, 6.45) is 0.471. The zero-order valence-electron chi connectivity index (χ0n) is 11.1. The number of hydrogen-bond acceptors (Lipinski definition) is 3. The second-order valence-electron chi connectivity index (χ2n) is 4.22. The van der Waals surface area contributed by atoms with Gasteiger partial charge in [-0.2, -0.15) is 22.5 Å². The van der Waals surface area contributed by atoms with Crippen molar-refractivity contribution in [2.75, 3.05) is 19.0 Å². The number of anilines is 2. The van der Waals surface area contributed by atoms with Crippen molar-refractivity contribution in [3.05, 3.63) is 53.4 Å². The summed E-state index contributed by atoms with van der Waals surface area (Å²) >= 11 is 0. The molecule has 0 aliphatic rings. The average Bonchev–Trinajstić information content (AvgIpc) is 2.48. The topological polar surface area (TPSA) is 34.1 Å². The SMILES string of the molecule is COCCc1ccccc1Nc1c(F)c(F)nc(F)c1F. The number of pyridine rings is 1. The van der Waals surface area contributed by atoms with Crippen LogP contribution in [0.1, 0.15) is 5.56 Å². The Labute approximate surface area is 118 Å². The molecule has 0 saturated heterocycles. The van der Waals surface area contributed by atoms with Crippen LogP contribution in [0, 0.1) is 23.5 Å². The number of hydrogen-bond donors (Lipinski definition) is 1. The fourth-order valence-corrected chi connectivity index (χ4v) is 1.80. The molecule has 1 aromatic heterocycles. The second kappa shape index (κ2) is 6.53. The van der Waals surface area contributed by atoms with Gasteiger partial charge in [0, 0.05) is 12.8 Å². The quantitative estimate of drug-likeness (QED) is 0.677. The Kier molecular flexibility index (Phi) is 4.74. The van der Waals surface area contributed by atoms with Gasteiger partial charge >= 0.3 is 0 Å². The average molecular weight is 300 g/mol. The predicted molar refractivity (Wildman–Crippen MR) is 69.4 cm³/mol. The maximum atomic E-state index is 13.6. The van der Waals surface area contributed by atoms with Crippen LogP contribution in [0.4, 0.5) is 28.9 Å². The van der Waals surface area contributed by atoms with Gasteiger partial charge in [0.25, 0.3) is 11.9 Å². The van der Waals surface area contributed by atoms with Crippen LogP contribution < -0.4 is 5.32 Å². The molecule has 1 aromatic carbocycles. The van der Waals surface area contributed by atoms with Gasteiger partial charge in [-0.15, -0.1) is 0 Å². The fourth-order valence-electron chi connectivity index (χ4n) is 1.80. The summed E-state index contributed by atoms with van der Waals surface area (Å²) in [5.41, 5.74) is 0.109. The highest BCUT2D eigenvalue weighted by atomic mass is 19.2. The third-order valence-corrected chi connectivity index (χ3v) is 2.85. The van der Waals surface area contributed by atoms with Crippen LogP contribution in [0.15, 0.2) is 24.3 Å². The zero-order chi connectivity index (χ0) is 15.4. The first-order chi connectivity index (χ1) is 10.0. The number of ether oxygens (including phenoxy) is 1. The highest BCUT2D eigenvalue weighted by Crippen LogP contribution is 2.27. The van der Waals surface area contributed by atoms with Crippen molar-refractivity contribution >= 4 is 11.4 Å². The Balaban J connectivity index is 2.39. The summed E-state index contributed by atoms with van der Waals surface area (Å²) in [7, 11) is 1.52. The number of methoxy groups -OCH3 is 1. The molecule has 112 valence electrons. The lowest BCUT2D eigenvalue weighted by atomic mass is 10.1. The highest BCUT2D eigenvalue weighted by Gasteiger charge is 2.21. The van der Waals surface area contributed by atoms with E-state index in [2.05, 4.69) is 10.3 Å². The van der Waals surface area contributed by atoms with Gasteiger partial charge < -0.3 is 10.1 Å². The number of nitrogens with one attached hydrogen (secondary N) is 1. The monoisotopic (exact) mass is 300 g/mol. The summed E-state index contributed by atoms with van der Waals surface area (Å²) in [5.74, 6) is -6.55. The van der Waals surface area contributed by atoms with E-state index in [4.69, 9.17) is 4.74 Å². The van der Waals surface area contributed by atoms with E-state index in [1.165, 1.54) is 7.11 Å². The molecule has 21 heavy (non-hydrogen) atoms. The number of aromatic nitrogens is 1. The normalized spacial score (nSPS) is 10.7. The smallest absolute Gasteiger partial charge is 0.253 e. The van der Waals surface area contributed by atoms with E-state index in [0.29, 0.717) is 24.3 Å². The van der Waals surface area contributed by atoms with Crippen LogP contribution in [0.2, 0.25) is 0 Å². The number of benzene rings is 1. The van der Waals surface area contributed by atoms with Crippen LogP contribution >= 0.6 is 0 Å². The number of para-hydroxylation sites is 1. The lowest BCUT2D eigenvalue weighted by molar-refractivity contribution is 0.202. The predicted octanol–water partition coefficient (Wildman–Crippen LogP) is 3.57. The standard InChI is InChI=1S/C14H12F4N2O/c1-21-7-6-8-4-2-3-5-9(8)19-12-10(15)13(17)20-14(18)11(12)16/h2-5H,6-7H2,1H3,(H,19,20). The van der Waals surface area contributed by atoms with Crippen molar-refractivity contribution in [2.45, 2.75) is 6.42 Å². The van der Waals surface area contributed by atoms with Gasteiger partial charge in [-0.25, -0.2) is 0 Å². The molecule has 0 spiro atoms. The van der Waals surface area contributed by atoms with Crippen LogP contribution in [0.25, 0.3) is 0 Å². The van der Waals surface area contributed by atoms with Crippen LogP contribution in [0.5, 0.6) is 0 Å². The minimum atomic E-state index is -1.70. The molecule has 0 saturated carbocycles. The molecule has 0 radical (unpaired) electrons. The van der Waals surface area contributed by atoms with Gasteiger partial charge in [-0.1, -0.05) is 18.2 Å². The third kappa shape index (κ3) is 3.30. The van der Waals surface area contributed by atoms with Crippen molar-refractivity contribution in [3.63, 3.8) is 0 Å². The first-order valence-corrected chi connectivity index (χ1v) is 6.08. The largest absolute Gasteiger partial charge is 0.384 e. The minimum absolute atomic E-state index is 0.331. The van der Waals surface area contributed by atoms with Gasteiger partial charge in [-0.05, 0) is 18.1 Å². The Morgan fingerprint density at radius 3 is 2.29 bits per heavy atom. The van der Waals surface area contributed by atoms with E-state index < -0.39 is 29.2 Å². The maximum absolute atomic E-state index is 13.6. The highest BCUT2D eigenvalue weighted by molar-refractivity contribution is 5.64. The molecule has 0 unspecified atom stereocenters. The lowest BCUT2D eigenvalue weighted by Crippen LogP contribution is -2.07. The summed E-state index contributed by atoms with van der Waals surface area (Å²) in [4.78, 5) is 2.50. The van der Waals surface area contributed by atoms with Crippen molar-refractivity contribution in [2.24, 2.45) is 0 Å². The summed E-state index contributed by atoms with van der Waals surface area (Å²) in [6.45, 7) is 0.392. The molecule has 0 fully saturated rings. The number of rotatable bonds is 5. The van der Waals surface area contributed by atoms with Crippen molar-refractivity contribution in [1.82, 2.24) is 4.98 Å². The molecule has 0 bridgehead atoms. The Morgan fingerprint density at radius 2 is 1.67 bits per heavy atom. The number of nitrogens with zero attached hydrogens (tertiary/aromatic N) is 1. The Hall–Kier alpha value is -2.15. The van der Waals surface area contributed by atoms with Crippen LogP contribution in [0.3, 0.4) is 0 Å². The molecular formula is C14H12F4N2O. The molecule has 2 aromatic rings. The van der Waals surface area contributed by atoms with E-state index in [0.717, 1.165) is 0 Å². The van der Waals surface area contributed by atoms with E-state index in [9.17, 15) is 17.6 Å². The van der Waals surface area contributed by atoms with E-state index in [1.54, 1.807) is 24.3 Å². The zero-order valence-corrected chi connectivity index (χ0v) is 11.1. The Bertz CT molecular complexity index is 623. The molecule has 0 atom stereocenters. The van der Waals surface area contributed by atoms with Gasteiger partial charge in [0.2, 0.25) is 11.6 Å². The molecule has 3 nitrogen and oxygen atoms in total. The molecular weight excluding hydrogens is 288 g/mol. The fraction of sp³-hybridized carbons (Fsp3) is 0.214. The van der Waals surface area contributed by atoms with E-state index in [1.807, 2.05) is 0 Å².